The van der Waals surface area contributed by atoms with E-state index in [9.17, 15) is 0 Å². The van der Waals surface area contributed by atoms with Crippen molar-refractivity contribution in [3.05, 3.63) is 79.6 Å². The fourth-order valence-corrected chi connectivity index (χ4v) is 3.62. The molecule has 0 saturated carbocycles. The molecule has 0 spiro atoms. The average Bonchev–Trinajstić information content (AvgIpc) is 3.38. The Bertz CT molecular complexity index is 1370. The minimum absolute atomic E-state index is 0.685. The third-order valence-corrected chi connectivity index (χ3v) is 5.16. The molecule has 0 bridgehead atoms. The Morgan fingerprint density at radius 3 is 2.39 bits per heavy atom. The monoisotopic (exact) mass is 409 g/mol. The van der Waals surface area contributed by atoms with Crippen LogP contribution in [0.4, 0.5) is 0 Å². The van der Waals surface area contributed by atoms with Crippen LogP contribution in [-0.2, 0) is 0 Å². The van der Waals surface area contributed by atoms with E-state index in [2.05, 4.69) is 26.1 Å². The summed E-state index contributed by atoms with van der Waals surface area (Å²) >= 11 is 0. The van der Waals surface area contributed by atoms with Crippen LogP contribution in [-0.4, -0.2) is 39.0 Å². The molecular weight excluding hydrogens is 390 g/mol. The lowest BCUT2D eigenvalue weighted by molar-refractivity contribution is 0.355. The molecule has 7 heteroatoms. The number of benzene rings is 3. The second-order valence-corrected chi connectivity index (χ2v) is 6.91. The summed E-state index contributed by atoms with van der Waals surface area (Å²) in [6.45, 7) is 0. The number of hydrogen-bond acceptors (Lipinski definition) is 6. The smallest absolute Gasteiger partial charge is 0.161 e. The van der Waals surface area contributed by atoms with Crippen LogP contribution >= 0.6 is 0 Å². The third kappa shape index (κ3) is 3.46. The van der Waals surface area contributed by atoms with Gasteiger partial charge in [0.25, 0.3) is 0 Å². The first-order valence-electron chi connectivity index (χ1n) is 9.69. The third-order valence-electron chi connectivity index (χ3n) is 5.16. The summed E-state index contributed by atoms with van der Waals surface area (Å²) < 4.78 is 12.5. The maximum atomic E-state index is 5.46. The Labute approximate surface area is 179 Å². The van der Waals surface area contributed by atoms with Crippen molar-refractivity contribution in [2.45, 2.75) is 0 Å². The van der Waals surface area contributed by atoms with Gasteiger partial charge in [0.05, 0.1) is 31.1 Å². The van der Waals surface area contributed by atoms with Crippen molar-refractivity contribution in [2.24, 2.45) is 0 Å². The molecule has 5 aromatic rings. The van der Waals surface area contributed by atoms with Crippen molar-refractivity contribution in [3.63, 3.8) is 0 Å². The number of rotatable bonds is 5. The molecular formula is C24H19N5O2. The van der Waals surface area contributed by atoms with Crippen molar-refractivity contribution in [1.29, 1.82) is 0 Å². The lowest BCUT2D eigenvalue weighted by Crippen LogP contribution is -1.96. The first-order valence-corrected chi connectivity index (χ1v) is 9.69. The Balaban J connectivity index is 1.64. The molecule has 0 aliphatic rings. The first kappa shape index (κ1) is 18.7. The van der Waals surface area contributed by atoms with Crippen LogP contribution in [0.3, 0.4) is 0 Å². The predicted octanol–water partition coefficient (Wildman–Crippen LogP) is 4.56. The fraction of sp³-hybridized carbons (Fsp3) is 0.0833. The second kappa shape index (κ2) is 7.87. The van der Waals surface area contributed by atoms with Crippen molar-refractivity contribution in [2.75, 3.05) is 14.2 Å². The van der Waals surface area contributed by atoms with Gasteiger partial charge in [-0.1, -0.05) is 24.3 Å². The molecule has 0 radical (unpaired) electrons. The molecule has 31 heavy (non-hydrogen) atoms. The number of ether oxygens (including phenoxy) is 2. The largest absolute Gasteiger partial charge is 0.493 e. The quantitative estimate of drug-likeness (QED) is 0.424. The van der Waals surface area contributed by atoms with Crippen LogP contribution in [0.1, 0.15) is 0 Å². The Kier molecular flexibility index (Phi) is 4.76. The molecule has 0 saturated heterocycles. The highest BCUT2D eigenvalue weighted by molar-refractivity contribution is 5.95. The molecule has 3 aromatic carbocycles. The fourth-order valence-electron chi connectivity index (χ4n) is 3.62. The van der Waals surface area contributed by atoms with E-state index >= 15 is 0 Å². The molecule has 0 atom stereocenters. The van der Waals surface area contributed by atoms with Gasteiger partial charge in [0.1, 0.15) is 19.0 Å². The zero-order valence-electron chi connectivity index (χ0n) is 17.1. The van der Waals surface area contributed by atoms with E-state index in [1.165, 1.54) is 6.33 Å². The summed E-state index contributed by atoms with van der Waals surface area (Å²) in [5, 5.41) is 5.18. The molecule has 7 nitrogen and oxygen atoms in total. The molecule has 2 aromatic heterocycles. The number of methoxy groups -OCH3 is 2. The summed E-state index contributed by atoms with van der Waals surface area (Å²) in [6, 6.07) is 20.1. The molecule has 0 amide bonds. The lowest BCUT2D eigenvalue weighted by atomic mass is 10.00. The van der Waals surface area contributed by atoms with Crippen molar-refractivity contribution >= 4 is 10.9 Å². The van der Waals surface area contributed by atoms with Gasteiger partial charge in [-0.2, -0.15) is 5.10 Å². The van der Waals surface area contributed by atoms with Gasteiger partial charge in [0.2, 0.25) is 0 Å². The highest BCUT2D eigenvalue weighted by Gasteiger charge is 2.11. The van der Waals surface area contributed by atoms with Gasteiger partial charge >= 0.3 is 0 Å². The number of fused-ring (bicyclic) bond motifs is 1. The van der Waals surface area contributed by atoms with Gasteiger partial charge in [0.15, 0.2) is 11.5 Å². The Hall–Kier alpha value is -4.26. The SMILES string of the molecule is COc1ccc(-c2ccc3ncnc(-c4cccc(-n5cncn5)c4)c3c2)cc1OC. The van der Waals surface area contributed by atoms with E-state index in [1.807, 2.05) is 54.6 Å². The van der Waals surface area contributed by atoms with E-state index < -0.39 is 0 Å². The van der Waals surface area contributed by atoms with Crippen LogP contribution in [0.25, 0.3) is 39.0 Å². The highest BCUT2D eigenvalue weighted by Crippen LogP contribution is 2.35. The zero-order valence-corrected chi connectivity index (χ0v) is 17.1. The molecule has 152 valence electrons. The molecule has 0 aliphatic carbocycles. The Morgan fingerprint density at radius 1 is 0.742 bits per heavy atom. The van der Waals surface area contributed by atoms with Gasteiger partial charge in [-0.15, -0.1) is 0 Å². The van der Waals surface area contributed by atoms with Crippen LogP contribution in [0.5, 0.6) is 11.5 Å². The Morgan fingerprint density at radius 2 is 1.58 bits per heavy atom. The number of hydrogen-bond donors (Lipinski definition) is 0. The van der Waals surface area contributed by atoms with Gasteiger partial charge < -0.3 is 9.47 Å². The van der Waals surface area contributed by atoms with Gasteiger partial charge in [-0.25, -0.2) is 19.6 Å². The molecule has 0 unspecified atom stereocenters. The van der Waals surface area contributed by atoms with Gasteiger partial charge in [-0.3, -0.25) is 0 Å². The van der Waals surface area contributed by atoms with E-state index in [1.54, 1.807) is 31.6 Å². The van der Waals surface area contributed by atoms with Crippen LogP contribution in [0.2, 0.25) is 0 Å². The molecule has 0 fully saturated rings. The van der Waals surface area contributed by atoms with E-state index in [0.717, 1.165) is 39.0 Å². The summed E-state index contributed by atoms with van der Waals surface area (Å²) in [4.78, 5) is 13.1. The minimum atomic E-state index is 0.685. The topological polar surface area (TPSA) is 75.0 Å². The number of aromatic nitrogens is 5. The standard InChI is InChI=1S/C24H19N5O2/c1-30-22-9-7-17(12-23(22)31-2)16-6-8-21-20(11-16)24(27-14-26-21)18-4-3-5-19(10-18)29-15-25-13-28-29/h3-15H,1-2H3. The van der Waals surface area contributed by atoms with Gasteiger partial charge in [-0.05, 0) is 47.5 Å². The molecule has 5 rings (SSSR count). The van der Waals surface area contributed by atoms with Gasteiger partial charge in [0, 0.05) is 10.9 Å². The number of nitrogens with zero attached hydrogens (tertiary/aromatic N) is 5. The van der Waals surface area contributed by atoms with E-state index in [-0.39, 0.29) is 0 Å². The maximum Gasteiger partial charge on any atom is 0.161 e. The average molecular weight is 409 g/mol. The van der Waals surface area contributed by atoms with Crippen LogP contribution in [0.15, 0.2) is 79.6 Å². The summed E-state index contributed by atoms with van der Waals surface area (Å²) in [6.07, 6.45) is 4.78. The highest BCUT2D eigenvalue weighted by atomic mass is 16.5. The van der Waals surface area contributed by atoms with Crippen molar-refractivity contribution in [1.82, 2.24) is 24.7 Å². The molecule has 0 aliphatic heterocycles. The minimum Gasteiger partial charge on any atom is -0.493 e. The van der Waals surface area contributed by atoms with E-state index in [0.29, 0.717) is 11.5 Å². The van der Waals surface area contributed by atoms with E-state index in [4.69, 9.17) is 9.47 Å². The maximum absolute atomic E-state index is 5.46. The second-order valence-electron chi connectivity index (χ2n) is 6.91. The van der Waals surface area contributed by atoms with Crippen LogP contribution < -0.4 is 9.47 Å². The molecule has 0 N–H and O–H groups in total. The summed E-state index contributed by atoms with van der Waals surface area (Å²) in [5.74, 6) is 1.38. The summed E-state index contributed by atoms with van der Waals surface area (Å²) in [7, 11) is 3.26. The van der Waals surface area contributed by atoms with Crippen molar-refractivity contribution < 1.29 is 9.47 Å². The summed E-state index contributed by atoms with van der Waals surface area (Å²) in [5.41, 5.74) is 5.68. The first-order chi connectivity index (χ1) is 15.3. The van der Waals surface area contributed by atoms with Crippen LogP contribution in [0, 0.1) is 0 Å². The lowest BCUT2D eigenvalue weighted by Gasteiger charge is -2.11. The normalized spacial score (nSPS) is 10.9. The van der Waals surface area contributed by atoms with Crippen molar-refractivity contribution in [3.8, 4) is 39.6 Å². The zero-order chi connectivity index (χ0) is 21.2. The predicted molar refractivity (Wildman–Crippen MR) is 118 cm³/mol. The molecule has 2 heterocycles.